The van der Waals surface area contributed by atoms with Crippen molar-refractivity contribution in [3.05, 3.63) is 170 Å². The topological polar surface area (TPSA) is 134 Å². The number of aromatic nitrogens is 4. The number of nitrogens with one attached hydrogen (secondary N) is 2. The number of carbonyl (C=O) groups excluding carboxylic acids is 2. The number of halogens is 3. The molecule has 1 fully saturated rings. The minimum absolute atomic E-state index is 0.0564. The van der Waals surface area contributed by atoms with Crippen LogP contribution in [0, 0.1) is 11.6 Å². The molecule has 62 heavy (non-hydrogen) atoms. The number of H-pyrrole nitrogens is 2. The summed E-state index contributed by atoms with van der Waals surface area (Å²) in [4.78, 5) is 41.8. The van der Waals surface area contributed by atoms with Crippen LogP contribution in [0.4, 0.5) is 8.78 Å². The standard InChI is InChI=1S/C48H43ClF2N6O5/c1-2-36(37-15-12-34(49)27-42(37)51)46(32-11-17-43-33(26-32)28-52-53-43)31-9-13-35(14-10-31)62-23-5-22-61-29-45(58)56-18-20-57(21-19-56)48(60)40-24-30(8-16-41(40)50)25-44-38-6-3-4-7-39(38)47(59)55-54-44/h3-4,6-17,24,26-28H,2,5,18-23,25,29H2,1H3,(H,52,53)(H,55,59). The van der Waals surface area contributed by atoms with Gasteiger partial charge in [0.05, 0.1) is 41.6 Å². The molecule has 0 aliphatic carbocycles. The van der Waals surface area contributed by atoms with Crippen LogP contribution in [-0.2, 0) is 16.0 Å². The summed E-state index contributed by atoms with van der Waals surface area (Å²) < 4.78 is 42.0. The van der Waals surface area contributed by atoms with Gasteiger partial charge in [-0.05, 0) is 88.9 Å². The SMILES string of the molecule is CCC(=C(c1ccc(OCCCOCC(=O)N2CCN(C(=O)c3cc(Cc4n[nH]c(=O)c5ccccc45)ccc3F)CC2)cc1)c1ccc2[nH]ncc2c1)c1ccc(Cl)cc1F. The number of hydrogen-bond acceptors (Lipinski definition) is 7. The van der Waals surface area contributed by atoms with Crippen LogP contribution in [0.3, 0.4) is 0 Å². The van der Waals surface area contributed by atoms with Crippen molar-refractivity contribution in [1.82, 2.24) is 30.2 Å². The number of fused-ring (bicyclic) bond motifs is 2. The first-order valence-electron chi connectivity index (χ1n) is 20.4. The molecule has 11 nitrogen and oxygen atoms in total. The van der Waals surface area contributed by atoms with E-state index in [0.29, 0.717) is 83.9 Å². The molecular weight excluding hydrogens is 814 g/mol. The summed E-state index contributed by atoms with van der Waals surface area (Å²) >= 11 is 6.10. The molecule has 0 spiro atoms. The van der Waals surface area contributed by atoms with Crippen LogP contribution >= 0.6 is 11.6 Å². The number of aromatic amines is 2. The van der Waals surface area contributed by atoms with E-state index >= 15 is 4.39 Å². The first kappa shape index (κ1) is 42.0. The minimum Gasteiger partial charge on any atom is -0.494 e. The van der Waals surface area contributed by atoms with Gasteiger partial charge in [0.1, 0.15) is 24.0 Å². The van der Waals surface area contributed by atoms with Crippen molar-refractivity contribution in [2.75, 3.05) is 46.0 Å². The summed E-state index contributed by atoms with van der Waals surface area (Å²) in [7, 11) is 0. The van der Waals surface area contributed by atoms with Crippen LogP contribution in [-0.4, -0.2) is 88.0 Å². The number of ether oxygens (including phenoxy) is 2. The highest BCUT2D eigenvalue weighted by atomic mass is 35.5. The van der Waals surface area contributed by atoms with Gasteiger partial charge >= 0.3 is 0 Å². The Morgan fingerprint density at radius 3 is 2.32 bits per heavy atom. The maximum atomic E-state index is 15.3. The molecule has 1 aliphatic rings. The Balaban J connectivity index is 0.812. The Bertz CT molecular complexity index is 2850. The highest BCUT2D eigenvalue weighted by molar-refractivity contribution is 6.30. The van der Waals surface area contributed by atoms with Gasteiger partial charge in [-0.25, -0.2) is 13.9 Å². The van der Waals surface area contributed by atoms with E-state index in [2.05, 4.69) is 20.4 Å². The molecule has 14 heteroatoms. The first-order valence-corrected chi connectivity index (χ1v) is 20.8. The van der Waals surface area contributed by atoms with E-state index < -0.39 is 11.7 Å². The number of nitrogens with zero attached hydrogens (tertiary/aromatic N) is 4. The molecule has 2 N–H and O–H groups in total. The van der Waals surface area contributed by atoms with Crippen molar-refractivity contribution in [3.63, 3.8) is 0 Å². The fourth-order valence-corrected chi connectivity index (χ4v) is 8.00. The van der Waals surface area contributed by atoms with Crippen molar-refractivity contribution in [1.29, 1.82) is 0 Å². The highest BCUT2D eigenvalue weighted by Gasteiger charge is 2.27. The Morgan fingerprint density at radius 1 is 0.790 bits per heavy atom. The van der Waals surface area contributed by atoms with E-state index in [1.807, 2.05) is 61.5 Å². The lowest BCUT2D eigenvalue weighted by Crippen LogP contribution is -2.51. The number of carbonyl (C=O) groups is 2. The van der Waals surface area contributed by atoms with Gasteiger partial charge in [0, 0.05) is 60.4 Å². The third kappa shape index (κ3) is 9.29. The Labute approximate surface area is 360 Å². The summed E-state index contributed by atoms with van der Waals surface area (Å²) in [6.07, 6.45) is 3.17. The summed E-state index contributed by atoms with van der Waals surface area (Å²) in [6.45, 7) is 3.65. The highest BCUT2D eigenvalue weighted by Crippen LogP contribution is 2.37. The van der Waals surface area contributed by atoms with Crippen LogP contribution in [0.15, 0.2) is 114 Å². The van der Waals surface area contributed by atoms with Crippen molar-refractivity contribution in [2.24, 2.45) is 0 Å². The summed E-state index contributed by atoms with van der Waals surface area (Å²) in [5.74, 6) is -1.01. The smallest absolute Gasteiger partial charge is 0.272 e. The average Bonchev–Trinajstić information content (AvgIpc) is 3.77. The molecule has 316 valence electrons. The second kappa shape index (κ2) is 18.9. The van der Waals surface area contributed by atoms with E-state index in [9.17, 15) is 18.8 Å². The molecule has 0 radical (unpaired) electrons. The quantitative estimate of drug-likeness (QED) is 0.0829. The van der Waals surface area contributed by atoms with Gasteiger partial charge in [0.2, 0.25) is 5.91 Å². The maximum Gasteiger partial charge on any atom is 0.272 e. The molecule has 1 saturated heterocycles. The van der Waals surface area contributed by atoms with Crippen molar-refractivity contribution < 1.29 is 27.8 Å². The number of amides is 2. The number of benzene rings is 5. The Morgan fingerprint density at radius 2 is 1.55 bits per heavy atom. The molecule has 0 saturated carbocycles. The third-order valence-electron chi connectivity index (χ3n) is 11.0. The minimum atomic E-state index is -0.634. The maximum absolute atomic E-state index is 15.3. The zero-order chi connectivity index (χ0) is 43.2. The fourth-order valence-electron chi connectivity index (χ4n) is 7.84. The molecule has 2 amide bonds. The van der Waals surface area contributed by atoms with Crippen LogP contribution in [0.25, 0.3) is 32.8 Å². The molecule has 7 aromatic rings. The van der Waals surface area contributed by atoms with Crippen LogP contribution in [0.5, 0.6) is 5.75 Å². The van der Waals surface area contributed by atoms with E-state index in [0.717, 1.165) is 33.2 Å². The van der Waals surface area contributed by atoms with Crippen molar-refractivity contribution >= 4 is 56.2 Å². The van der Waals surface area contributed by atoms with Crippen molar-refractivity contribution in [2.45, 2.75) is 26.2 Å². The molecular formula is C48H43ClF2N6O5. The molecule has 1 aliphatic heterocycles. The molecule has 5 aromatic carbocycles. The first-order chi connectivity index (χ1) is 30.2. The van der Waals surface area contributed by atoms with Gasteiger partial charge in [-0.1, -0.05) is 67.1 Å². The number of allylic oxidation sites excluding steroid dienone is 1. The lowest BCUT2D eigenvalue weighted by Gasteiger charge is -2.34. The lowest BCUT2D eigenvalue weighted by atomic mass is 9.87. The molecule has 0 unspecified atom stereocenters. The summed E-state index contributed by atoms with van der Waals surface area (Å²) in [5.41, 5.74) is 5.86. The monoisotopic (exact) mass is 856 g/mol. The fraction of sp³-hybridized carbons (Fsp3) is 0.229. The average molecular weight is 857 g/mol. The van der Waals surface area contributed by atoms with Crippen LogP contribution < -0.4 is 10.3 Å². The van der Waals surface area contributed by atoms with Crippen LogP contribution in [0.2, 0.25) is 5.02 Å². The lowest BCUT2D eigenvalue weighted by molar-refractivity contribution is -0.137. The molecule has 3 heterocycles. The van der Waals surface area contributed by atoms with Gasteiger partial charge < -0.3 is 19.3 Å². The number of hydrogen-bond donors (Lipinski definition) is 2. The van der Waals surface area contributed by atoms with Gasteiger partial charge in [0.25, 0.3) is 11.5 Å². The van der Waals surface area contributed by atoms with E-state index in [1.54, 1.807) is 46.3 Å². The molecule has 0 atom stereocenters. The number of rotatable bonds is 14. The second-order valence-electron chi connectivity index (χ2n) is 15.0. The largest absolute Gasteiger partial charge is 0.494 e. The van der Waals surface area contributed by atoms with Crippen LogP contribution in [0.1, 0.15) is 58.1 Å². The van der Waals surface area contributed by atoms with Gasteiger partial charge in [-0.2, -0.15) is 10.2 Å². The predicted molar refractivity (Wildman–Crippen MR) is 235 cm³/mol. The van der Waals surface area contributed by atoms with Gasteiger partial charge in [0.15, 0.2) is 0 Å². The summed E-state index contributed by atoms with van der Waals surface area (Å²) in [6, 6.07) is 29.9. The normalized spacial score (nSPS) is 13.4. The molecule has 0 bridgehead atoms. The zero-order valence-electron chi connectivity index (χ0n) is 33.9. The second-order valence-corrected chi connectivity index (χ2v) is 15.4. The molecule has 2 aromatic heterocycles. The van der Waals surface area contributed by atoms with Gasteiger partial charge in [-0.15, -0.1) is 0 Å². The van der Waals surface area contributed by atoms with Gasteiger partial charge in [-0.3, -0.25) is 19.5 Å². The molecule has 8 rings (SSSR count). The van der Waals surface area contributed by atoms with Crippen molar-refractivity contribution in [3.8, 4) is 5.75 Å². The summed E-state index contributed by atoms with van der Waals surface area (Å²) in [5, 5.41) is 16.3. The predicted octanol–water partition coefficient (Wildman–Crippen LogP) is 8.46. The Kier molecular flexibility index (Phi) is 12.8. The zero-order valence-corrected chi connectivity index (χ0v) is 34.7. The third-order valence-corrected chi connectivity index (χ3v) is 11.3. The van der Waals surface area contributed by atoms with E-state index in [-0.39, 0.29) is 42.5 Å². The van der Waals surface area contributed by atoms with E-state index in [4.69, 9.17) is 21.1 Å². The Hall–Kier alpha value is -6.70. The number of piperazine rings is 1. The van der Waals surface area contributed by atoms with E-state index in [1.165, 1.54) is 18.2 Å².